The Morgan fingerprint density at radius 1 is 1.23 bits per heavy atom. The lowest BCUT2D eigenvalue weighted by atomic mass is 10.0. The molecule has 0 bridgehead atoms. The van der Waals surface area contributed by atoms with Crippen molar-refractivity contribution in [3.63, 3.8) is 0 Å². The molecular weight excluding hydrogens is 280 g/mol. The monoisotopic (exact) mass is 298 g/mol. The van der Waals surface area contributed by atoms with Crippen LogP contribution >= 0.6 is 0 Å². The second kappa shape index (κ2) is 5.29. The predicted octanol–water partition coefficient (Wildman–Crippen LogP) is 2.87. The minimum Gasteiger partial charge on any atom is -0.504 e. The summed E-state index contributed by atoms with van der Waals surface area (Å²) in [6, 6.07) is 3.35. The van der Waals surface area contributed by atoms with Gasteiger partial charge in [-0.15, -0.1) is 0 Å². The number of aromatic hydroxyl groups is 1. The predicted molar refractivity (Wildman–Crippen MR) is 84.0 cm³/mol. The molecule has 6 heteroatoms. The van der Waals surface area contributed by atoms with Gasteiger partial charge in [0.1, 0.15) is 6.33 Å². The molecule has 0 fully saturated rings. The van der Waals surface area contributed by atoms with Crippen LogP contribution in [-0.2, 0) is 7.05 Å². The molecule has 0 aliphatic carbocycles. The van der Waals surface area contributed by atoms with Crippen molar-refractivity contribution in [2.24, 2.45) is 7.05 Å². The highest BCUT2D eigenvalue weighted by atomic mass is 16.5. The summed E-state index contributed by atoms with van der Waals surface area (Å²) < 4.78 is 6.92. The fourth-order valence-corrected chi connectivity index (χ4v) is 2.57. The topological polar surface area (TPSA) is 73.1 Å². The summed E-state index contributed by atoms with van der Waals surface area (Å²) in [5.74, 6) is 0.738. The first-order chi connectivity index (χ1) is 10.5. The summed E-state index contributed by atoms with van der Waals surface area (Å²) in [5, 5.41) is 15.4. The highest BCUT2D eigenvalue weighted by Crippen LogP contribution is 2.36. The molecule has 0 radical (unpaired) electrons. The number of phenolic OH excluding ortho intramolecular Hbond substituents is 1. The Hall–Kier alpha value is -2.63. The van der Waals surface area contributed by atoms with Gasteiger partial charge in [-0.05, 0) is 12.0 Å². The van der Waals surface area contributed by atoms with Crippen molar-refractivity contribution >= 4 is 10.9 Å². The molecule has 0 unspecified atom stereocenters. The largest absolute Gasteiger partial charge is 0.504 e. The summed E-state index contributed by atoms with van der Waals surface area (Å²) in [6.07, 6.45) is 3.46. The van der Waals surface area contributed by atoms with Gasteiger partial charge in [0.05, 0.1) is 24.0 Å². The maximum absolute atomic E-state index is 10.1. The van der Waals surface area contributed by atoms with Crippen LogP contribution in [0, 0.1) is 0 Å². The van der Waals surface area contributed by atoms with Crippen LogP contribution in [-0.4, -0.2) is 32.0 Å². The second-order valence-electron chi connectivity index (χ2n) is 5.52. The molecule has 0 saturated heterocycles. The molecule has 22 heavy (non-hydrogen) atoms. The lowest BCUT2D eigenvalue weighted by Gasteiger charge is -2.09. The van der Waals surface area contributed by atoms with Crippen molar-refractivity contribution in [1.82, 2.24) is 19.7 Å². The number of ether oxygens (including phenoxy) is 1. The molecule has 0 spiro atoms. The van der Waals surface area contributed by atoms with Crippen LogP contribution in [0.3, 0.4) is 0 Å². The number of methoxy groups -OCH3 is 1. The molecule has 0 saturated carbocycles. The lowest BCUT2D eigenvalue weighted by molar-refractivity contribution is 0.374. The number of fused-ring (bicyclic) bond motifs is 1. The van der Waals surface area contributed by atoms with E-state index in [0.29, 0.717) is 5.75 Å². The molecular formula is C16H18N4O2. The SMILES string of the molecule is COc1cc2ncnc(-c3cn(C)nc3C(C)C)c2cc1O. The molecule has 0 amide bonds. The van der Waals surface area contributed by atoms with Crippen LogP contribution in [0.4, 0.5) is 0 Å². The van der Waals surface area contributed by atoms with E-state index in [1.807, 2.05) is 13.2 Å². The van der Waals surface area contributed by atoms with Crippen LogP contribution in [0.2, 0.25) is 0 Å². The Labute approximate surface area is 128 Å². The van der Waals surface area contributed by atoms with Crippen molar-refractivity contribution in [2.45, 2.75) is 19.8 Å². The van der Waals surface area contributed by atoms with E-state index in [-0.39, 0.29) is 11.7 Å². The van der Waals surface area contributed by atoms with Crippen LogP contribution < -0.4 is 4.74 Å². The van der Waals surface area contributed by atoms with Gasteiger partial charge in [0, 0.05) is 30.3 Å². The Bertz CT molecular complexity index is 840. The average Bonchev–Trinajstić information content (AvgIpc) is 2.88. The van der Waals surface area contributed by atoms with E-state index in [9.17, 15) is 5.11 Å². The quantitative estimate of drug-likeness (QED) is 0.805. The highest BCUT2D eigenvalue weighted by molar-refractivity contribution is 5.94. The number of rotatable bonds is 3. The molecule has 0 atom stereocenters. The Morgan fingerprint density at radius 3 is 2.68 bits per heavy atom. The third-order valence-corrected chi connectivity index (χ3v) is 3.60. The van der Waals surface area contributed by atoms with E-state index in [4.69, 9.17) is 4.74 Å². The standard InChI is InChI=1S/C16H18N4O2/c1-9(2)15-11(7-20(3)19-15)16-10-5-13(21)14(22-4)6-12(10)17-8-18-16/h5-9,21H,1-4H3. The average molecular weight is 298 g/mol. The number of benzene rings is 1. The minimum absolute atomic E-state index is 0.0704. The van der Waals surface area contributed by atoms with Gasteiger partial charge < -0.3 is 9.84 Å². The summed E-state index contributed by atoms with van der Waals surface area (Å²) in [7, 11) is 3.40. The van der Waals surface area contributed by atoms with E-state index in [0.717, 1.165) is 27.9 Å². The number of aryl methyl sites for hydroxylation is 1. The van der Waals surface area contributed by atoms with Crippen molar-refractivity contribution in [1.29, 1.82) is 0 Å². The second-order valence-corrected chi connectivity index (χ2v) is 5.52. The van der Waals surface area contributed by atoms with Gasteiger partial charge in [-0.1, -0.05) is 13.8 Å². The van der Waals surface area contributed by atoms with Crippen LogP contribution in [0.1, 0.15) is 25.5 Å². The number of hydrogen-bond donors (Lipinski definition) is 1. The van der Waals surface area contributed by atoms with Crippen LogP contribution in [0.15, 0.2) is 24.7 Å². The van der Waals surface area contributed by atoms with Gasteiger partial charge in [-0.2, -0.15) is 5.10 Å². The molecule has 3 aromatic rings. The van der Waals surface area contributed by atoms with Crippen molar-refractivity contribution in [3.8, 4) is 22.8 Å². The van der Waals surface area contributed by atoms with Gasteiger partial charge in [-0.25, -0.2) is 9.97 Å². The maximum atomic E-state index is 10.1. The van der Waals surface area contributed by atoms with E-state index < -0.39 is 0 Å². The van der Waals surface area contributed by atoms with E-state index in [2.05, 4.69) is 28.9 Å². The zero-order valence-corrected chi connectivity index (χ0v) is 13.0. The van der Waals surface area contributed by atoms with Gasteiger partial charge in [0.2, 0.25) is 0 Å². The van der Waals surface area contributed by atoms with Crippen LogP contribution in [0.5, 0.6) is 11.5 Å². The van der Waals surface area contributed by atoms with Crippen molar-refractivity contribution in [2.75, 3.05) is 7.11 Å². The number of nitrogens with zero attached hydrogens (tertiary/aromatic N) is 4. The number of phenols is 1. The molecule has 1 aromatic carbocycles. The first kappa shape index (κ1) is 14.3. The summed E-state index contributed by atoms with van der Waals surface area (Å²) >= 11 is 0. The fourth-order valence-electron chi connectivity index (χ4n) is 2.57. The first-order valence-electron chi connectivity index (χ1n) is 7.07. The molecule has 3 rings (SSSR count). The molecule has 6 nitrogen and oxygen atoms in total. The first-order valence-corrected chi connectivity index (χ1v) is 7.07. The fraction of sp³-hybridized carbons (Fsp3) is 0.312. The van der Waals surface area contributed by atoms with Crippen LogP contribution in [0.25, 0.3) is 22.2 Å². The normalized spacial score (nSPS) is 11.3. The van der Waals surface area contributed by atoms with Gasteiger partial charge in [0.15, 0.2) is 11.5 Å². The summed E-state index contributed by atoms with van der Waals surface area (Å²) in [4.78, 5) is 8.68. The lowest BCUT2D eigenvalue weighted by Crippen LogP contribution is -1.96. The Morgan fingerprint density at radius 2 is 2.00 bits per heavy atom. The Balaban J connectivity index is 2.30. The molecule has 0 aliphatic rings. The maximum Gasteiger partial charge on any atom is 0.162 e. The minimum atomic E-state index is 0.0704. The number of hydrogen-bond acceptors (Lipinski definition) is 5. The van der Waals surface area contributed by atoms with E-state index in [1.54, 1.807) is 16.8 Å². The smallest absolute Gasteiger partial charge is 0.162 e. The molecule has 2 heterocycles. The zero-order valence-electron chi connectivity index (χ0n) is 13.0. The van der Waals surface area contributed by atoms with Gasteiger partial charge in [0.25, 0.3) is 0 Å². The third kappa shape index (κ3) is 2.26. The highest BCUT2D eigenvalue weighted by Gasteiger charge is 2.18. The van der Waals surface area contributed by atoms with E-state index >= 15 is 0 Å². The number of aromatic nitrogens is 4. The zero-order chi connectivity index (χ0) is 15.9. The van der Waals surface area contributed by atoms with Crippen molar-refractivity contribution < 1.29 is 9.84 Å². The van der Waals surface area contributed by atoms with Crippen molar-refractivity contribution in [3.05, 3.63) is 30.4 Å². The molecule has 2 aromatic heterocycles. The molecule has 114 valence electrons. The molecule has 1 N–H and O–H groups in total. The summed E-state index contributed by atoms with van der Waals surface area (Å²) in [6.45, 7) is 4.19. The van der Waals surface area contributed by atoms with Gasteiger partial charge in [-0.3, -0.25) is 4.68 Å². The molecule has 0 aliphatic heterocycles. The van der Waals surface area contributed by atoms with Gasteiger partial charge >= 0.3 is 0 Å². The van der Waals surface area contributed by atoms with E-state index in [1.165, 1.54) is 13.4 Å². The third-order valence-electron chi connectivity index (χ3n) is 3.60. The Kier molecular flexibility index (Phi) is 3.44. The summed E-state index contributed by atoms with van der Waals surface area (Å²) in [5.41, 5.74) is 3.41.